The highest BCUT2D eigenvalue weighted by atomic mass is 32.2. The molecule has 120 valence electrons. The molecule has 0 radical (unpaired) electrons. The molecule has 1 atom stereocenters. The van der Waals surface area contributed by atoms with Crippen molar-refractivity contribution in [2.75, 3.05) is 20.2 Å². The summed E-state index contributed by atoms with van der Waals surface area (Å²) in [6.45, 7) is 6.54. The van der Waals surface area contributed by atoms with E-state index in [1.165, 1.54) is 9.87 Å². The summed E-state index contributed by atoms with van der Waals surface area (Å²) in [5.41, 5.74) is 1.17. The van der Waals surface area contributed by atoms with Crippen LogP contribution in [0.2, 0.25) is 0 Å². The number of nitrogens with zero attached hydrogens (tertiary/aromatic N) is 1. The van der Waals surface area contributed by atoms with Crippen LogP contribution in [0, 0.1) is 0 Å². The van der Waals surface area contributed by atoms with E-state index in [2.05, 4.69) is 4.72 Å². The molecule has 0 bridgehead atoms. The molecule has 0 heterocycles. The minimum atomic E-state index is -3.37. The third kappa shape index (κ3) is 5.65. The molecule has 0 aromatic heterocycles. The van der Waals surface area contributed by atoms with Gasteiger partial charge in [0, 0.05) is 19.1 Å². The first kappa shape index (κ1) is 17.9. The van der Waals surface area contributed by atoms with Crippen molar-refractivity contribution >= 4 is 10.2 Å². The summed E-state index contributed by atoms with van der Waals surface area (Å²) in [7, 11) is -1.74. The number of hydrogen-bond donors (Lipinski definition) is 1. The van der Waals surface area contributed by atoms with Crippen molar-refractivity contribution in [1.29, 1.82) is 0 Å². The normalized spacial score (nSPS) is 13.4. The van der Waals surface area contributed by atoms with E-state index in [1.54, 1.807) is 7.11 Å². The van der Waals surface area contributed by atoms with Crippen LogP contribution in [-0.2, 0) is 16.6 Å². The first-order valence-corrected chi connectivity index (χ1v) is 8.77. The van der Waals surface area contributed by atoms with Crippen molar-refractivity contribution in [1.82, 2.24) is 9.03 Å². The molecule has 0 aliphatic carbocycles. The minimum Gasteiger partial charge on any atom is -0.497 e. The van der Waals surface area contributed by atoms with E-state index in [0.717, 1.165) is 18.6 Å². The Morgan fingerprint density at radius 2 is 1.76 bits per heavy atom. The fourth-order valence-corrected chi connectivity index (χ4v) is 3.58. The predicted molar refractivity (Wildman–Crippen MR) is 85.8 cm³/mol. The summed E-state index contributed by atoms with van der Waals surface area (Å²) in [5, 5.41) is 0. The molecule has 5 nitrogen and oxygen atoms in total. The molecule has 0 fully saturated rings. The Balaban J connectivity index is 2.51. The molecular weight excluding hydrogens is 288 g/mol. The van der Waals surface area contributed by atoms with Crippen molar-refractivity contribution in [3.8, 4) is 5.75 Å². The molecule has 0 aliphatic heterocycles. The third-order valence-corrected chi connectivity index (χ3v) is 5.32. The summed E-state index contributed by atoms with van der Waals surface area (Å²) in [6.07, 6.45) is 1.58. The largest absolute Gasteiger partial charge is 0.497 e. The van der Waals surface area contributed by atoms with E-state index in [0.29, 0.717) is 13.1 Å². The highest BCUT2D eigenvalue weighted by Gasteiger charge is 2.20. The van der Waals surface area contributed by atoms with Crippen molar-refractivity contribution < 1.29 is 13.2 Å². The monoisotopic (exact) mass is 314 g/mol. The van der Waals surface area contributed by atoms with E-state index in [1.807, 2.05) is 45.0 Å². The van der Waals surface area contributed by atoms with E-state index in [4.69, 9.17) is 4.74 Å². The lowest BCUT2D eigenvalue weighted by Crippen LogP contribution is -2.44. The Hall–Kier alpha value is -1.11. The maximum atomic E-state index is 12.1. The van der Waals surface area contributed by atoms with Gasteiger partial charge in [-0.25, -0.2) is 0 Å². The summed E-state index contributed by atoms with van der Waals surface area (Å²) in [4.78, 5) is 0. The quantitative estimate of drug-likeness (QED) is 0.760. The molecule has 0 aliphatic rings. The van der Waals surface area contributed by atoms with Crippen LogP contribution in [0.4, 0.5) is 0 Å². The molecule has 0 amide bonds. The number of benzene rings is 1. The van der Waals surface area contributed by atoms with Crippen molar-refractivity contribution in [3.05, 3.63) is 29.8 Å². The molecule has 0 saturated carbocycles. The van der Waals surface area contributed by atoms with Crippen molar-refractivity contribution in [2.24, 2.45) is 0 Å². The summed E-state index contributed by atoms with van der Waals surface area (Å²) < 4.78 is 33.5. The molecule has 0 saturated heterocycles. The first-order valence-electron chi connectivity index (χ1n) is 7.33. The van der Waals surface area contributed by atoms with Gasteiger partial charge in [-0.15, -0.1) is 0 Å². The Kier molecular flexibility index (Phi) is 7.14. The third-order valence-electron chi connectivity index (χ3n) is 3.42. The average Bonchev–Trinajstić information content (AvgIpc) is 2.46. The van der Waals surface area contributed by atoms with Crippen LogP contribution in [0.15, 0.2) is 24.3 Å². The maximum absolute atomic E-state index is 12.1. The second-order valence-electron chi connectivity index (χ2n) is 4.99. The molecular formula is C15H26N2O3S. The summed E-state index contributed by atoms with van der Waals surface area (Å²) in [6, 6.07) is 7.74. The lowest BCUT2D eigenvalue weighted by molar-refractivity contribution is 0.414. The second-order valence-corrected chi connectivity index (χ2v) is 6.70. The van der Waals surface area contributed by atoms with Gasteiger partial charge in [-0.2, -0.15) is 17.4 Å². The molecule has 1 aromatic carbocycles. The Morgan fingerprint density at radius 1 is 1.19 bits per heavy atom. The zero-order valence-electron chi connectivity index (χ0n) is 13.3. The van der Waals surface area contributed by atoms with E-state index in [9.17, 15) is 8.42 Å². The van der Waals surface area contributed by atoms with Crippen molar-refractivity contribution in [2.45, 2.75) is 39.7 Å². The van der Waals surface area contributed by atoms with Crippen LogP contribution in [-0.4, -0.2) is 39.0 Å². The van der Waals surface area contributed by atoms with Gasteiger partial charge in [0.2, 0.25) is 0 Å². The lowest BCUT2D eigenvalue weighted by atomic mass is 10.1. The fraction of sp³-hybridized carbons (Fsp3) is 0.600. The van der Waals surface area contributed by atoms with Gasteiger partial charge in [0.05, 0.1) is 7.11 Å². The van der Waals surface area contributed by atoms with Gasteiger partial charge in [0.25, 0.3) is 10.2 Å². The lowest BCUT2D eigenvalue weighted by Gasteiger charge is -2.22. The highest BCUT2D eigenvalue weighted by molar-refractivity contribution is 7.87. The zero-order valence-corrected chi connectivity index (χ0v) is 14.1. The molecule has 21 heavy (non-hydrogen) atoms. The Labute approximate surface area is 128 Å². The van der Waals surface area contributed by atoms with Gasteiger partial charge in [-0.05, 0) is 37.5 Å². The van der Waals surface area contributed by atoms with E-state index >= 15 is 0 Å². The fourth-order valence-electron chi connectivity index (χ4n) is 2.13. The molecule has 1 aromatic rings. The highest BCUT2D eigenvalue weighted by Crippen LogP contribution is 2.13. The molecule has 6 heteroatoms. The van der Waals surface area contributed by atoms with E-state index < -0.39 is 10.2 Å². The SMILES string of the molecule is CCN(CC)S(=O)(=O)N[C@H](C)CCc1ccc(OC)cc1. The molecule has 0 unspecified atom stereocenters. The van der Waals surface area contributed by atoms with Crippen LogP contribution in [0.3, 0.4) is 0 Å². The Morgan fingerprint density at radius 3 is 2.24 bits per heavy atom. The van der Waals surface area contributed by atoms with Gasteiger partial charge in [-0.1, -0.05) is 26.0 Å². The summed E-state index contributed by atoms with van der Waals surface area (Å²) in [5.74, 6) is 0.828. The van der Waals surface area contributed by atoms with Crippen LogP contribution < -0.4 is 9.46 Å². The number of hydrogen-bond acceptors (Lipinski definition) is 3. The zero-order chi connectivity index (χ0) is 15.9. The van der Waals surface area contributed by atoms with Crippen LogP contribution >= 0.6 is 0 Å². The predicted octanol–water partition coefficient (Wildman–Crippen LogP) is 2.19. The second kappa shape index (κ2) is 8.36. The Bertz CT molecular complexity index is 510. The number of ether oxygens (including phenoxy) is 1. The van der Waals surface area contributed by atoms with Crippen molar-refractivity contribution in [3.63, 3.8) is 0 Å². The topological polar surface area (TPSA) is 58.6 Å². The standard InChI is InChI=1S/C15H26N2O3S/c1-5-17(6-2)21(18,19)16-13(3)7-8-14-9-11-15(20-4)12-10-14/h9-13,16H,5-8H2,1-4H3/t13-/m1/s1. The molecule has 1 rings (SSSR count). The maximum Gasteiger partial charge on any atom is 0.279 e. The summed E-state index contributed by atoms with van der Waals surface area (Å²) >= 11 is 0. The van der Waals surface area contributed by atoms with Crippen LogP contribution in [0.25, 0.3) is 0 Å². The van der Waals surface area contributed by atoms with E-state index in [-0.39, 0.29) is 6.04 Å². The van der Waals surface area contributed by atoms with Gasteiger partial charge < -0.3 is 4.74 Å². The van der Waals surface area contributed by atoms with Gasteiger partial charge in [-0.3, -0.25) is 0 Å². The first-order chi connectivity index (χ1) is 9.92. The number of aryl methyl sites for hydroxylation is 1. The number of rotatable bonds is 9. The van der Waals surface area contributed by atoms with Gasteiger partial charge in [0.15, 0.2) is 0 Å². The number of nitrogens with one attached hydrogen (secondary N) is 1. The molecule has 1 N–H and O–H groups in total. The smallest absolute Gasteiger partial charge is 0.279 e. The number of methoxy groups -OCH3 is 1. The molecule has 0 spiro atoms. The van der Waals surface area contributed by atoms with Crippen LogP contribution in [0.1, 0.15) is 32.8 Å². The van der Waals surface area contributed by atoms with Gasteiger partial charge >= 0.3 is 0 Å². The minimum absolute atomic E-state index is 0.0994. The van der Waals surface area contributed by atoms with Crippen LogP contribution in [0.5, 0.6) is 5.75 Å². The average molecular weight is 314 g/mol. The van der Waals surface area contributed by atoms with Gasteiger partial charge in [0.1, 0.15) is 5.75 Å².